The van der Waals surface area contributed by atoms with Gasteiger partial charge in [-0.05, 0) is 34.6 Å². The minimum absolute atomic E-state index is 0.147. The Morgan fingerprint density at radius 3 is 2.43 bits per heavy atom. The zero-order valence-electron chi connectivity index (χ0n) is 13.7. The van der Waals surface area contributed by atoms with Crippen LogP contribution in [0.2, 0.25) is 0 Å². The topological polar surface area (TPSA) is 108 Å². The summed E-state index contributed by atoms with van der Waals surface area (Å²) in [7, 11) is -4.48. The number of amides is 1. The molecule has 0 aromatic heterocycles. The van der Waals surface area contributed by atoms with Gasteiger partial charge < -0.3 is 14.2 Å². The number of hydrogen-bond donors (Lipinski definition) is 0. The first-order valence-electron chi connectivity index (χ1n) is 7.15. The van der Waals surface area contributed by atoms with Crippen molar-refractivity contribution in [2.45, 2.75) is 58.0 Å². The van der Waals surface area contributed by atoms with Crippen molar-refractivity contribution < 1.29 is 36.4 Å². The second kappa shape index (κ2) is 5.60. The van der Waals surface area contributed by atoms with Crippen molar-refractivity contribution in [2.75, 3.05) is 13.2 Å². The van der Waals surface area contributed by atoms with E-state index in [0.717, 1.165) is 0 Å². The van der Waals surface area contributed by atoms with E-state index < -0.39 is 45.7 Å². The standard InChI is InChI=1S/C13H21NO8S/c1-8(2)20-10(15)13-7-19-6-9(13)22-23(17,18)14(13)11(16)21-12(3,4)5/h8-9H,6-7H2,1-5H3/t9-,13+/m0/s1. The van der Waals surface area contributed by atoms with Crippen molar-refractivity contribution in [2.24, 2.45) is 0 Å². The maximum atomic E-state index is 12.5. The lowest BCUT2D eigenvalue weighted by Crippen LogP contribution is -2.61. The van der Waals surface area contributed by atoms with Crippen molar-refractivity contribution in [1.82, 2.24) is 4.31 Å². The molecule has 132 valence electrons. The van der Waals surface area contributed by atoms with Gasteiger partial charge in [0.1, 0.15) is 11.7 Å². The van der Waals surface area contributed by atoms with Crippen LogP contribution in [0.25, 0.3) is 0 Å². The first kappa shape index (κ1) is 18.0. The highest BCUT2D eigenvalue weighted by molar-refractivity contribution is 7.85. The largest absolute Gasteiger partial charge is 0.461 e. The third-order valence-electron chi connectivity index (χ3n) is 3.20. The number of ether oxygens (including phenoxy) is 3. The molecule has 2 heterocycles. The number of hydrogen-bond acceptors (Lipinski definition) is 8. The Balaban J connectivity index is 2.46. The van der Waals surface area contributed by atoms with Crippen LogP contribution in [0.1, 0.15) is 34.6 Å². The summed E-state index contributed by atoms with van der Waals surface area (Å²) >= 11 is 0. The zero-order valence-corrected chi connectivity index (χ0v) is 14.5. The molecule has 2 saturated heterocycles. The summed E-state index contributed by atoms with van der Waals surface area (Å²) in [5.74, 6) is -0.901. The predicted octanol–water partition coefficient (Wildman–Crippen LogP) is 0.588. The van der Waals surface area contributed by atoms with Gasteiger partial charge in [-0.2, -0.15) is 12.7 Å². The highest BCUT2D eigenvalue weighted by atomic mass is 32.2. The molecular formula is C13H21NO8S. The van der Waals surface area contributed by atoms with E-state index >= 15 is 0 Å². The fourth-order valence-corrected chi connectivity index (χ4v) is 3.84. The fraction of sp³-hybridized carbons (Fsp3) is 0.846. The normalized spacial score (nSPS) is 29.5. The third kappa shape index (κ3) is 3.15. The minimum Gasteiger partial charge on any atom is -0.461 e. The Labute approximate surface area is 135 Å². The van der Waals surface area contributed by atoms with Crippen LogP contribution < -0.4 is 0 Å². The Kier molecular flexibility index (Phi) is 4.37. The SMILES string of the molecule is CC(C)OC(=O)[C@@]12COC[C@@H]1OS(=O)(=O)N2C(=O)OC(C)(C)C. The highest BCUT2D eigenvalue weighted by Crippen LogP contribution is 2.41. The molecular weight excluding hydrogens is 330 g/mol. The maximum absolute atomic E-state index is 12.5. The van der Waals surface area contributed by atoms with Crippen LogP contribution in [-0.2, 0) is 33.5 Å². The van der Waals surface area contributed by atoms with Gasteiger partial charge in [-0.3, -0.25) is 0 Å². The van der Waals surface area contributed by atoms with Gasteiger partial charge in [0, 0.05) is 0 Å². The first-order valence-corrected chi connectivity index (χ1v) is 8.52. The molecule has 0 aromatic carbocycles. The summed E-state index contributed by atoms with van der Waals surface area (Å²) in [6.07, 6.45) is -2.86. The summed E-state index contributed by atoms with van der Waals surface area (Å²) in [4.78, 5) is 24.9. The van der Waals surface area contributed by atoms with Gasteiger partial charge in [0.05, 0.1) is 19.3 Å². The molecule has 2 rings (SSSR count). The maximum Gasteiger partial charge on any atom is 0.427 e. The minimum atomic E-state index is -4.48. The predicted molar refractivity (Wildman–Crippen MR) is 76.6 cm³/mol. The first-order chi connectivity index (χ1) is 10.4. The Morgan fingerprint density at radius 2 is 1.91 bits per heavy atom. The van der Waals surface area contributed by atoms with E-state index in [1.807, 2.05) is 0 Å². The van der Waals surface area contributed by atoms with Gasteiger partial charge >= 0.3 is 22.4 Å². The average molecular weight is 351 g/mol. The number of carbonyl (C=O) groups excluding carboxylic acids is 2. The molecule has 2 fully saturated rings. The summed E-state index contributed by atoms with van der Waals surface area (Å²) in [5.41, 5.74) is -2.85. The molecule has 2 aliphatic rings. The smallest absolute Gasteiger partial charge is 0.427 e. The fourth-order valence-electron chi connectivity index (χ4n) is 2.39. The lowest BCUT2D eigenvalue weighted by Gasteiger charge is -2.32. The molecule has 2 aliphatic heterocycles. The summed E-state index contributed by atoms with van der Waals surface area (Å²) < 4.78 is 45.1. The summed E-state index contributed by atoms with van der Waals surface area (Å²) in [6, 6.07) is 0. The van der Waals surface area contributed by atoms with E-state index in [-0.39, 0.29) is 13.2 Å². The summed E-state index contributed by atoms with van der Waals surface area (Å²) in [5, 5.41) is 0. The van der Waals surface area contributed by atoms with Crippen molar-refractivity contribution in [3.05, 3.63) is 0 Å². The van der Waals surface area contributed by atoms with Crippen LogP contribution in [0.3, 0.4) is 0 Å². The third-order valence-corrected chi connectivity index (χ3v) is 4.60. The van der Waals surface area contributed by atoms with Crippen molar-refractivity contribution in [3.63, 3.8) is 0 Å². The molecule has 0 saturated carbocycles. The molecule has 2 atom stereocenters. The van der Waals surface area contributed by atoms with E-state index in [9.17, 15) is 18.0 Å². The van der Waals surface area contributed by atoms with Crippen LogP contribution >= 0.6 is 0 Å². The van der Waals surface area contributed by atoms with Gasteiger partial charge in [-0.15, -0.1) is 0 Å². The molecule has 0 aliphatic carbocycles. The number of esters is 1. The lowest BCUT2D eigenvalue weighted by atomic mass is 9.96. The quantitative estimate of drug-likeness (QED) is 0.665. The highest BCUT2D eigenvalue weighted by Gasteiger charge is 2.70. The van der Waals surface area contributed by atoms with E-state index in [2.05, 4.69) is 0 Å². The van der Waals surface area contributed by atoms with Crippen molar-refractivity contribution >= 4 is 22.4 Å². The Hall–Kier alpha value is -1.39. The number of rotatable bonds is 2. The molecule has 0 aromatic rings. The molecule has 0 N–H and O–H groups in total. The van der Waals surface area contributed by atoms with Gasteiger partial charge in [0.2, 0.25) is 5.54 Å². The van der Waals surface area contributed by atoms with Crippen LogP contribution in [0.4, 0.5) is 4.79 Å². The number of carbonyl (C=O) groups is 2. The molecule has 23 heavy (non-hydrogen) atoms. The lowest BCUT2D eigenvalue weighted by molar-refractivity contribution is -0.160. The van der Waals surface area contributed by atoms with Gasteiger partial charge in [0.25, 0.3) is 0 Å². The molecule has 0 unspecified atom stereocenters. The monoisotopic (exact) mass is 351 g/mol. The Morgan fingerprint density at radius 1 is 1.30 bits per heavy atom. The van der Waals surface area contributed by atoms with E-state index in [0.29, 0.717) is 4.31 Å². The molecule has 9 nitrogen and oxygen atoms in total. The number of fused-ring (bicyclic) bond motifs is 1. The second-order valence-electron chi connectivity index (χ2n) is 6.68. The van der Waals surface area contributed by atoms with Gasteiger partial charge in [-0.1, -0.05) is 0 Å². The Bertz CT molecular complexity index is 608. The second-order valence-corrected chi connectivity index (χ2v) is 8.09. The zero-order chi connectivity index (χ0) is 17.6. The van der Waals surface area contributed by atoms with Gasteiger partial charge in [0.15, 0.2) is 0 Å². The van der Waals surface area contributed by atoms with Crippen LogP contribution in [0.15, 0.2) is 0 Å². The van der Waals surface area contributed by atoms with Crippen LogP contribution in [0.5, 0.6) is 0 Å². The summed E-state index contributed by atoms with van der Waals surface area (Å²) in [6.45, 7) is 7.47. The van der Waals surface area contributed by atoms with E-state index in [4.69, 9.17) is 18.4 Å². The van der Waals surface area contributed by atoms with Crippen LogP contribution in [0, 0.1) is 0 Å². The molecule has 0 bridgehead atoms. The van der Waals surface area contributed by atoms with E-state index in [1.54, 1.807) is 34.6 Å². The van der Waals surface area contributed by atoms with E-state index in [1.165, 1.54) is 0 Å². The van der Waals surface area contributed by atoms with Crippen molar-refractivity contribution in [1.29, 1.82) is 0 Å². The molecule has 10 heteroatoms. The molecule has 0 spiro atoms. The van der Waals surface area contributed by atoms with Gasteiger partial charge in [-0.25, -0.2) is 13.8 Å². The average Bonchev–Trinajstić information content (AvgIpc) is 2.77. The molecule has 1 amide bonds. The number of nitrogens with zero attached hydrogens (tertiary/aromatic N) is 1. The van der Waals surface area contributed by atoms with Crippen LogP contribution in [-0.4, -0.2) is 61.3 Å². The van der Waals surface area contributed by atoms with Crippen molar-refractivity contribution in [3.8, 4) is 0 Å². The molecule has 0 radical (unpaired) electrons.